The monoisotopic (exact) mass is 287 g/mol. The summed E-state index contributed by atoms with van der Waals surface area (Å²) in [6, 6.07) is 15.1. The van der Waals surface area contributed by atoms with Crippen molar-refractivity contribution >= 4 is 26.7 Å². The van der Waals surface area contributed by atoms with E-state index in [-0.39, 0.29) is 0 Å². The molecule has 1 heterocycles. The van der Waals surface area contributed by atoms with Crippen LogP contribution in [-0.4, -0.2) is 24.2 Å². The van der Waals surface area contributed by atoms with Gasteiger partial charge in [0.1, 0.15) is 6.33 Å². The zero-order valence-electron chi connectivity index (χ0n) is 10.8. The molecule has 2 aromatic carbocycles. The van der Waals surface area contributed by atoms with Crippen LogP contribution < -0.4 is 4.72 Å². The molecule has 0 amide bonds. The van der Waals surface area contributed by atoms with Gasteiger partial charge >= 0.3 is 0 Å². The fraction of sp³-hybridized carbons (Fsp3) is 0.0714. The Morgan fingerprint density at radius 1 is 1.10 bits per heavy atom. The number of hydrogen-bond acceptors (Lipinski definition) is 3. The summed E-state index contributed by atoms with van der Waals surface area (Å²) in [6.07, 6.45) is 2.85. The smallest absolute Gasteiger partial charge is 0.229 e. The van der Waals surface area contributed by atoms with E-state index in [0.717, 1.165) is 23.0 Å². The Morgan fingerprint density at radius 2 is 1.85 bits per heavy atom. The second-order valence-electron chi connectivity index (χ2n) is 4.53. The van der Waals surface area contributed by atoms with Crippen LogP contribution in [0.25, 0.3) is 16.7 Å². The lowest BCUT2D eigenvalue weighted by Gasteiger charge is -2.05. The Labute approximate surface area is 116 Å². The first-order chi connectivity index (χ1) is 9.53. The Bertz CT molecular complexity index is 855. The maximum Gasteiger partial charge on any atom is 0.229 e. The lowest BCUT2D eigenvalue weighted by molar-refractivity contribution is 0.607. The molecule has 0 bridgehead atoms. The maximum absolute atomic E-state index is 11.2. The van der Waals surface area contributed by atoms with E-state index in [2.05, 4.69) is 9.71 Å². The van der Waals surface area contributed by atoms with Crippen molar-refractivity contribution in [2.24, 2.45) is 0 Å². The SMILES string of the molecule is CS(=O)(=O)Nc1ccc2c(c1)ncn2-c1ccccc1. The third-order valence-electron chi connectivity index (χ3n) is 2.88. The first-order valence-corrected chi connectivity index (χ1v) is 7.92. The summed E-state index contributed by atoms with van der Waals surface area (Å²) >= 11 is 0. The number of para-hydroxylation sites is 1. The average molecular weight is 287 g/mol. The molecule has 20 heavy (non-hydrogen) atoms. The molecule has 0 saturated heterocycles. The molecule has 1 N–H and O–H groups in total. The van der Waals surface area contributed by atoms with Gasteiger partial charge in [-0.25, -0.2) is 13.4 Å². The summed E-state index contributed by atoms with van der Waals surface area (Å²) in [6.45, 7) is 0. The second-order valence-corrected chi connectivity index (χ2v) is 6.28. The summed E-state index contributed by atoms with van der Waals surface area (Å²) in [7, 11) is -3.28. The highest BCUT2D eigenvalue weighted by Gasteiger charge is 2.07. The van der Waals surface area contributed by atoms with Crippen molar-refractivity contribution in [1.29, 1.82) is 0 Å². The molecule has 3 rings (SSSR count). The minimum atomic E-state index is -3.28. The number of fused-ring (bicyclic) bond motifs is 1. The lowest BCUT2D eigenvalue weighted by Crippen LogP contribution is -2.09. The van der Waals surface area contributed by atoms with Crippen LogP contribution in [0.5, 0.6) is 0 Å². The summed E-state index contributed by atoms with van der Waals surface area (Å²) < 4.78 is 26.9. The van der Waals surface area contributed by atoms with Gasteiger partial charge in [0.25, 0.3) is 0 Å². The lowest BCUT2D eigenvalue weighted by atomic mass is 10.2. The maximum atomic E-state index is 11.2. The highest BCUT2D eigenvalue weighted by atomic mass is 32.2. The van der Waals surface area contributed by atoms with Crippen molar-refractivity contribution in [2.45, 2.75) is 0 Å². The van der Waals surface area contributed by atoms with Crippen LogP contribution in [-0.2, 0) is 10.0 Å². The van der Waals surface area contributed by atoms with Crippen molar-refractivity contribution in [3.63, 3.8) is 0 Å². The minimum Gasteiger partial charge on any atom is -0.299 e. The molecule has 3 aromatic rings. The first kappa shape index (κ1) is 12.7. The third-order valence-corrected chi connectivity index (χ3v) is 3.49. The number of imidazole rings is 1. The fourth-order valence-electron chi connectivity index (χ4n) is 2.08. The normalized spacial score (nSPS) is 11.7. The molecule has 102 valence electrons. The molecule has 1 aromatic heterocycles. The van der Waals surface area contributed by atoms with E-state index in [0.29, 0.717) is 5.69 Å². The van der Waals surface area contributed by atoms with E-state index >= 15 is 0 Å². The molecule has 0 spiro atoms. The van der Waals surface area contributed by atoms with E-state index in [4.69, 9.17) is 0 Å². The van der Waals surface area contributed by atoms with Gasteiger partial charge in [0.05, 0.1) is 23.0 Å². The quantitative estimate of drug-likeness (QED) is 0.804. The van der Waals surface area contributed by atoms with E-state index in [9.17, 15) is 8.42 Å². The van der Waals surface area contributed by atoms with Gasteiger partial charge in [-0.1, -0.05) is 18.2 Å². The van der Waals surface area contributed by atoms with Crippen LogP contribution in [0.15, 0.2) is 54.9 Å². The van der Waals surface area contributed by atoms with Crippen molar-refractivity contribution in [1.82, 2.24) is 9.55 Å². The molecular formula is C14H13N3O2S. The molecule has 0 aliphatic heterocycles. The number of nitrogens with zero attached hydrogens (tertiary/aromatic N) is 2. The van der Waals surface area contributed by atoms with Gasteiger partial charge in [0.2, 0.25) is 10.0 Å². The second kappa shape index (κ2) is 4.64. The Kier molecular flexibility index (Phi) is 2.94. The number of aromatic nitrogens is 2. The highest BCUT2D eigenvalue weighted by molar-refractivity contribution is 7.92. The Balaban J connectivity index is 2.07. The molecule has 6 heteroatoms. The number of benzene rings is 2. The van der Waals surface area contributed by atoms with E-state index in [1.54, 1.807) is 18.5 Å². The van der Waals surface area contributed by atoms with E-state index in [1.807, 2.05) is 41.0 Å². The number of sulfonamides is 1. The average Bonchev–Trinajstić information content (AvgIpc) is 2.81. The molecule has 0 fully saturated rings. The number of hydrogen-bond donors (Lipinski definition) is 1. The highest BCUT2D eigenvalue weighted by Crippen LogP contribution is 2.21. The van der Waals surface area contributed by atoms with E-state index < -0.39 is 10.0 Å². The number of rotatable bonds is 3. The Morgan fingerprint density at radius 3 is 2.55 bits per heavy atom. The molecular weight excluding hydrogens is 274 g/mol. The van der Waals surface area contributed by atoms with Gasteiger partial charge in [0, 0.05) is 5.69 Å². The molecule has 0 radical (unpaired) electrons. The summed E-state index contributed by atoms with van der Waals surface area (Å²) in [5, 5.41) is 0. The number of anilines is 1. The first-order valence-electron chi connectivity index (χ1n) is 6.03. The van der Waals surface area contributed by atoms with Crippen molar-refractivity contribution < 1.29 is 8.42 Å². The van der Waals surface area contributed by atoms with Crippen molar-refractivity contribution in [3.05, 3.63) is 54.9 Å². The standard InChI is InChI=1S/C14H13N3O2S/c1-20(18,19)16-11-7-8-14-13(9-11)15-10-17(14)12-5-3-2-4-6-12/h2-10,16H,1H3. The van der Waals surface area contributed by atoms with Crippen molar-refractivity contribution in [2.75, 3.05) is 11.0 Å². The number of nitrogens with one attached hydrogen (secondary N) is 1. The summed E-state index contributed by atoms with van der Waals surface area (Å²) in [4.78, 5) is 4.31. The molecule has 5 nitrogen and oxygen atoms in total. The Hall–Kier alpha value is -2.34. The zero-order chi connectivity index (χ0) is 14.2. The van der Waals surface area contributed by atoms with Gasteiger partial charge in [-0.3, -0.25) is 9.29 Å². The van der Waals surface area contributed by atoms with Crippen LogP contribution in [0.3, 0.4) is 0 Å². The fourth-order valence-corrected chi connectivity index (χ4v) is 2.64. The van der Waals surface area contributed by atoms with Gasteiger partial charge in [-0.05, 0) is 30.3 Å². The van der Waals surface area contributed by atoms with Gasteiger partial charge in [-0.15, -0.1) is 0 Å². The van der Waals surface area contributed by atoms with Gasteiger partial charge in [-0.2, -0.15) is 0 Å². The van der Waals surface area contributed by atoms with Gasteiger partial charge in [0.15, 0.2) is 0 Å². The van der Waals surface area contributed by atoms with Crippen LogP contribution >= 0.6 is 0 Å². The third kappa shape index (κ3) is 2.50. The largest absolute Gasteiger partial charge is 0.299 e. The molecule has 0 saturated carbocycles. The van der Waals surface area contributed by atoms with Crippen LogP contribution in [0.1, 0.15) is 0 Å². The molecule has 0 aliphatic carbocycles. The summed E-state index contributed by atoms with van der Waals surface area (Å²) in [5.74, 6) is 0. The van der Waals surface area contributed by atoms with Gasteiger partial charge < -0.3 is 0 Å². The van der Waals surface area contributed by atoms with Crippen LogP contribution in [0.2, 0.25) is 0 Å². The predicted molar refractivity (Wildman–Crippen MR) is 79.5 cm³/mol. The van der Waals surface area contributed by atoms with Crippen molar-refractivity contribution in [3.8, 4) is 5.69 Å². The molecule has 0 atom stereocenters. The van der Waals surface area contributed by atoms with Crippen LogP contribution in [0, 0.1) is 0 Å². The summed E-state index contributed by atoms with van der Waals surface area (Å²) in [5.41, 5.74) is 3.19. The predicted octanol–water partition coefficient (Wildman–Crippen LogP) is 2.40. The minimum absolute atomic E-state index is 0.512. The molecule has 0 unspecified atom stereocenters. The van der Waals surface area contributed by atoms with Crippen LogP contribution in [0.4, 0.5) is 5.69 Å². The zero-order valence-corrected chi connectivity index (χ0v) is 11.6. The molecule has 0 aliphatic rings. The topological polar surface area (TPSA) is 64.0 Å². The van der Waals surface area contributed by atoms with E-state index in [1.165, 1.54) is 0 Å².